The number of hydrogen-bond acceptors (Lipinski definition) is 1. The zero-order valence-corrected chi connectivity index (χ0v) is 13.7. The van der Waals surface area contributed by atoms with Gasteiger partial charge in [0.25, 0.3) is 0 Å². The van der Waals surface area contributed by atoms with Crippen molar-refractivity contribution in [1.82, 2.24) is 5.32 Å². The lowest BCUT2D eigenvalue weighted by atomic mass is 9.97. The first-order valence-electron chi connectivity index (χ1n) is 6.94. The van der Waals surface area contributed by atoms with Gasteiger partial charge in [-0.1, -0.05) is 46.6 Å². The second-order valence-corrected chi connectivity index (χ2v) is 5.93. The van der Waals surface area contributed by atoms with Crippen molar-refractivity contribution in [2.24, 2.45) is 0 Å². The predicted octanol–water partition coefficient (Wildman–Crippen LogP) is 4.93. The Morgan fingerprint density at radius 3 is 2.57 bits per heavy atom. The Hall–Kier alpha value is -1.26. The van der Waals surface area contributed by atoms with Crippen LogP contribution in [-0.2, 0) is 6.42 Å². The zero-order chi connectivity index (χ0) is 15.4. The van der Waals surface area contributed by atoms with Gasteiger partial charge >= 0.3 is 0 Å². The molecular weight excluding hydrogens is 336 g/mol. The van der Waals surface area contributed by atoms with Crippen LogP contribution in [0.2, 0.25) is 0 Å². The average molecular weight is 354 g/mol. The van der Waals surface area contributed by atoms with E-state index >= 15 is 0 Å². The maximum absolute atomic E-state index is 13.9. The molecule has 0 spiro atoms. The Morgan fingerprint density at radius 1 is 1.14 bits per heavy atom. The highest BCUT2D eigenvalue weighted by Gasteiger charge is 2.16. The molecule has 0 fully saturated rings. The first kappa shape index (κ1) is 16.1. The highest BCUT2D eigenvalue weighted by Crippen LogP contribution is 2.28. The van der Waals surface area contributed by atoms with Crippen LogP contribution in [0.5, 0.6) is 0 Å². The topological polar surface area (TPSA) is 12.0 Å². The monoisotopic (exact) mass is 353 g/mol. The van der Waals surface area contributed by atoms with E-state index in [-0.39, 0.29) is 6.04 Å². The maximum atomic E-state index is 13.9. The molecule has 0 heterocycles. The van der Waals surface area contributed by atoms with Crippen molar-refractivity contribution >= 4 is 15.9 Å². The fraction of sp³-hybridized carbons (Fsp3) is 0.294. The molecule has 0 aliphatic rings. The van der Waals surface area contributed by atoms with Gasteiger partial charge in [0, 0.05) is 16.6 Å². The van der Waals surface area contributed by atoms with Crippen molar-refractivity contribution in [3.8, 4) is 0 Å². The van der Waals surface area contributed by atoms with Crippen molar-refractivity contribution < 1.29 is 8.78 Å². The van der Waals surface area contributed by atoms with Crippen molar-refractivity contribution in [3.63, 3.8) is 0 Å². The molecule has 1 N–H and O–H groups in total. The van der Waals surface area contributed by atoms with Gasteiger partial charge in [-0.05, 0) is 43.1 Å². The van der Waals surface area contributed by atoms with Gasteiger partial charge in [-0.15, -0.1) is 0 Å². The number of rotatable bonds is 5. The molecule has 0 amide bonds. The highest BCUT2D eigenvalue weighted by molar-refractivity contribution is 9.10. The zero-order valence-electron chi connectivity index (χ0n) is 12.1. The van der Waals surface area contributed by atoms with E-state index in [9.17, 15) is 8.78 Å². The summed E-state index contributed by atoms with van der Waals surface area (Å²) in [6.45, 7) is 4.81. The van der Waals surface area contributed by atoms with Gasteiger partial charge in [-0.25, -0.2) is 8.78 Å². The predicted molar refractivity (Wildman–Crippen MR) is 85.4 cm³/mol. The lowest BCUT2D eigenvalue weighted by Crippen LogP contribution is -2.24. The van der Waals surface area contributed by atoms with Gasteiger partial charge in [0.1, 0.15) is 11.6 Å². The van der Waals surface area contributed by atoms with Gasteiger partial charge < -0.3 is 5.32 Å². The van der Waals surface area contributed by atoms with Crippen LogP contribution >= 0.6 is 15.9 Å². The largest absolute Gasteiger partial charge is 0.310 e. The van der Waals surface area contributed by atoms with Crippen LogP contribution < -0.4 is 5.32 Å². The molecule has 0 radical (unpaired) electrons. The van der Waals surface area contributed by atoms with E-state index in [1.165, 1.54) is 12.1 Å². The van der Waals surface area contributed by atoms with E-state index in [0.717, 1.165) is 28.2 Å². The second-order valence-electron chi connectivity index (χ2n) is 5.08. The Balaban J connectivity index is 2.32. The molecule has 0 aliphatic heterocycles. The third-order valence-corrected chi connectivity index (χ3v) is 4.14. The first-order chi connectivity index (χ1) is 10.0. The summed E-state index contributed by atoms with van der Waals surface area (Å²) in [5.41, 5.74) is 2.74. The van der Waals surface area contributed by atoms with Crippen LogP contribution in [0.3, 0.4) is 0 Å². The quantitative estimate of drug-likeness (QED) is 0.803. The Labute approximate surface area is 132 Å². The summed E-state index contributed by atoms with van der Waals surface area (Å²) in [6, 6.07) is 9.82. The van der Waals surface area contributed by atoms with Gasteiger partial charge in [0.15, 0.2) is 0 Å². The Bertz CT molecular complexity index is 628. The molecule has 0 aliphatic carbocycles. The standard InChI is InChI=1S/C17H18BrF2N/c1-3-21-17(14-8-11(2)4-7-15(14)18)9-12-5-6-13(19)10-16(12)20/h4-8,10,17,21H,3,9H2,1-2H3. The smallest absolute Gasteiger partial charge is 0.129 e. The molecule has 4 heteroatoms. The fourth-order valence-electron chi connectivity index (χ4n) is 2.38. The summed E-state index contributed by atoms with van der Waals surface area (Å²) < 4.78 is 27.9. The number of likely N-dealkylation sites (N-methyl/N-ethyl adjacent to an activating group) is 1. The van der Waals surface area contributed by atoms with Gasteiger partial charge in [-0.3, -0.25) is 0 Å². The summed E-state index contributed by atoms with van der Waals surface area (Å²) in [5, 5.41) is 3.37. The summed E-state index contributed by atoms with van der Waals surface area (Å²) in [7, 11) is 0. The minimum atomic E-state index is -0.548. The number of nitrogens with one attached hydrogen (secondary N) is 1. The van der Waals surface area contributed by atoms with E-state index in [1.807, 2.05) is 26.0 Å². The van der Waals surface area contributed by atoms with Crippen molar-refractivity contribution in [2.45, 2.75) is 26.3 Å². The molecule has 0 bridgehead atoms. The maximum Gasteiger partial charge on any atom is 0.129 e. The van der Waals surface area contributed by atoms with E-state index in [0.29, 0.717) is 12.0 Å². The van der Waals surface area contributed by atoms with Gasteiger partial charge in [-0.2, -0.15) is 0 Å². The van der Waals surface area contributed by atoms with E-state index < -0.39 is 11.6 Å². The van der Waals surface area contributed by atoms with Crippen LogP contribution in [0.15, 0.2) is 40.9 Å². The van der Waals surface area contributed by atoms with Crippen molar-refractivity contribution in [2.75, 3.05) is 6.54 Å². The molecule has 1 atom stereocenters. The molecule has 0 aromatic heterocycles. The van der Waals surface area contributed by atoms with E-state index in [1.54, 1.807) is 0 Å². The van der Waals surface area contributed by atoms with Crippen LogP contribution in [0.25, 0.3) is 0 Å². The number of aryl methyl sites for hydroxylation is 1. The van der Waals surface area contributed by atoms with Crippen LogP contribution in [-0.4, -0.2) is 6.54 Å². The molecule has 2 rings (SSSR count). The average Bonchev–Trinajstić information content (AvgIpc) is 2.44. The number of hydrogen-bond donors (Lipinski definition) is 1. The molecular formula is C17H18BrF2N. The minimum Gasteiger partial charge on any atom is -0.310 e. The van der Waals surface area contributed by atoms with Crippen molar-refractivity contribution in [1.29, 1.82) is 0 Å². The summed E-state index contributed by atoms with van der Waals surface area (Å²) in [6.07, 6.45) is 0.474. The lowest BCUT2D eigenvalue weighted by Gasteiger charge is -2.21. The van der Waals surface area contributed by atoms with Gasteiger partial charge in [0.05, 0.1) is 0 Å². The lowest BCUT2D eigenvalue weighted by molar-refractivity contribution is 0.519. The van der Waals surface area contributed by atoms with Crippen LogP contribution in [0, 0.1) is 18.6 Å². The highest BCUT2D eigenvalue weighted by atomic mass is 79.9. The molecule has 112 valence electrons. The fourth-order valence-corrected chi connectivity index (χ4v) is 2.90. The summed E-state index contributed by atoms with van der Waals surface area (Å²) in [5.74, 6) is -1.05. The summed E-state index contributed by atoms with van der Waals surface area (Å²) >= 11 is 3.55. The number of halogens is 3. The van der Waals surface area contributed by atoms with Gasteiger partial charge in [0.2, 0.25) is 0 Å². The molecule has 1 unspecified atom stereocenters. The van der Waals surface area contributed by atoms with Crippen LogP contribution in [0.4, 0.5) is 8.78 Å². The Morgan fingerprint density at radius 2 is 1.90 bits per heavy atom. The first-order valence-corrected chi connectivity index (χ1v) is 7.74. The molecule has 2 aromatic rings. The van der Waals surface area contributed by atoms with Crippen molar-refractivity contribution in [3.05, 3.63) is 69.2 Å². The van der Waals surface area contributed by atoms with Crippen LogP contribution in [0.1, 0.15) is 29.7 Å². The minimum absolute atomic E-state index is 0.0239. The molecule has 21 heavy (non-hydrogen) atoms. The van der Waals surface area contributed by atoms with E-state index in [2.05, 4.69) is 27.3 Å². The molecule has 0 saturated heterocycles. The number of benzene rings is 2. The SMILES string of the molecule is CCNC(Cc1ccc(F)cc1F)c1cc(C)ccc1Br. The normalized spacial score (nSPS) is 12.4. The second kappa shape index (κ2) is 7.14. The molecule has 0 saturated carbocycles. The summed E-state index contributed by atoms with van der Waals surface area (Å²) in [4.78, 5) is 0. The third-order valence-electron chi connectivity index (χ3n) is 3.42. The molecule has 2 aromatic carbocycles. The van der Waals surface area contributed by atoms with E-state index in [4.69, 9.17) is 0 Å². The third kappa shape index (κ3) is 4.11. The Kier molecular flexibility index (Phi) is 5.48. The molecule has 1 nitrogen and oxygen atoms in total.